The molecule has 1 heterocycles. The van der Waals surface area contributed by atoms with Crippen molar-refractivity contribution < 1.29 is 13.2 Å². The summed E-state index contributed by atoms with van der Waals surface area (Å²) in [5, 5.41) is 0. The second-order valence-corrected chi connectivity index (χ2v) is 2.95. The number of hydrogen-bond acceptors (Lipinski definition) is 1. The molecule has 1 rings (SSSR count). The number of halogens is 3. The first-order valence-electron chi connectivity index (χ1n) is 4.23. The van der Waals surface area contributed by atoms with Gasteiger partial charge in [-0.05, 0) is 12.5 Å². The van der Waals surface area contributed by atoms with E-state index in [1.807, 2.05) is 0 Å². The number of alkyl halides is 3. The summed E-state index contributed by atoms with van der Waals surface area (Å²) >= 11 is 0. The minimum atomic E-state index is -4.39. The van der Waals surface area contributed by atoms with E-state index in [4.69, 9.17) is 0 Å². The van der Waals surface area contributed by atoms with Crippen molar-refractivity contribution >= 4 is 0 Å². The second kappa shape index (κ2) is 3.86. The fourth-order valence-corrected chi connectivity index (χ4v) is 1.11. The smallest absolute Gasteiger partial charge is 0.315 e. The maximum Gasteiger partial charge on any atom is 0.417 e. The Hall–Kier alpha value is -1.26. The number of aryl methyl sites for hydroxylation is 1. The largest absolute Gasteiger partial charge is 0.417 e. The van der Waals surface area contributed by atoms with Crippen LogP contribution in [-0.2, 0) is 12.7 Å². The first kappa shape index (κ1) is 10.8. The van der Waals surface area contributed by atoms with Crippen molar-refractivity contribution in [1.29, 1.82) is 0 Å². The SMILES string of the molecule is CCCn1cc(C(F)(F)F)ccc1=O. The fraction of sp³-hybridized carbons (Fsp3) is 0.444. The average Bonchev–Trinajstić information content (AvgIpc) is 2.07. The van der Waals surface area contributed by atoms with Crippen LogP contribution < -0.4 is 5.56 Å². The Bertz CT molecular complexity index is 367. The van der Waals surface area contributed by atoms with Crippen molar-refractivity contribution in [1.82, 2.24) is 4.57 Å². The lowest BCUT2D eigenvalue weighted by Gasteiger charge is -2.09. The number of pyridine rings is 1. The van der Waals surface area contributed by atoms with Gasteiger partial charge in [-0.25, -0.2) is 0 Å². The molecule has 0 saturated heterocycles. The monoisotopic (exact) mass is 205 g/mol. The Morgan fingerprint density at radius 2 is 2.00 bits per heavy atom. The molecular weight excluding hydrogens is 195 g/mol. The van der Waals surface area contributed by atoms with Gasteiger partial charge in [-0.3, -0.25) is 4.79 Å². The first-order valence-corrected chi connectivity index (χ1v) is 4.23. The van der Waals surface area contributed by atoms with Gasteiger partial charge in [0.05, 0.1) is 5.56 Å². The normalized spacial score (nSPS) is 11.7. The van der Waals surface area contributed by atoms with Crippen LogP contribution in [0.4, 0.5) is 13.2 Å². The molecule has 0 radical (unpaired) electrons. The van der Waals surface area contributed by atoms with Crippen LogP contribution >= 0.6 is 0 Å². The molecule has 0 aliphatic rings. The molecule has 5 heteroatoms. The Labute approximate surface area is 79.0 Å². The van der Waals surface area contributed by atoms with Gasteiger partial charge in [-0.1, -0.05) is 6.92 Å². The maximum absolute atomic E-state index is 12.2. The summed E-state index contributed by atoms with van der Waals surface area (Å²) < 4.78 is 37.7. The zero-order chi connectivity index (χ0) is 10.8. The van der Waals surface area contributed by atoms with Gasteiger partial charge in [0.25, 0.3) is 5.56 Å². The van der Waals surface area contributed by atoms with Crippen LogP contribution in [0.3, 0.4) is 0 Å². The van der Waals surface area contributed by atoms with Crippen LogP contribution in [0, 0.1) is 0 Å². The number of nitrogens with zero attached hydrogens (tertiary/aromatic N) is 1. The summed E-state index contributed by atoms with van der Waals surface area (Å²) in [6.45, 7) is 2.11. The fourth-order valence-electron chi connectivity index (χ4n) is 1.11. The summed E-state index contributed by atoms with van der Waals surface area (Å²) in [5.41, 5.74) is -1.19. The van der Waals surface area contributed by atoms with Gasteiger partial charge in [0.2, 0.25) is 0 Å². The predicted octanol–water partition coefficient (Wildman–Crippen LogP) is 2.28. The molecule has 0 bridgehead atoms. The van der Waals surface area contributed by atoms with Gasteiger partial charge >= 0.3 is 6.18 Å². The molecule has 0 aliphatic heterocycles. The first-order chi connectivity index (χ1) is 6.45. The minimum Gasteiger partial charge on any atom is -0.315 e. The predicted molar refractivity (Wildman–Crippen MR) is 46.0 cm³/mol. The summed E-state index contributed by atoms with van der Waals surface area (Å²) in [4.78, 5) is 11.1. The minimum absolute atomic E-state index is 0.308. The van der Waals surface area contributed by atoms with E-state index in [0.717, 1.165) is 22.9 Å². The molecule has 0 aromatic carbocycles. The molecule has 0 atom stereocenters. The standard InChI is InChI=1S/C9H10F3NO/c1-2-5-13-6-7(9(10,11)12)3-4-8(13)14/h3-4,6H,2,5H2,1H3. The molecule has 0 saturated carbocycles. The lowest BCUT2D eigenvalue weighted by Crippen LogP contribution is -2.21. The summed E-state index contributed by atoms with van der Waals surface area (Å²) in [5.74, 6) is 0. The van der Waals surface area contributed by atoms with E-state index in [0.29, 0.717) is 13.0 Å². The molecule has 0 spiro atoms. The van der Waals surface area contributed by atoms with Crippen molar-refractivity contribution in [2.45, 2.75) is 26.1 Å². The van der Waals surface area contributed by atoms with Crippen LogP contribution in [0.5, 0.6) is 0 Å². The Kier molecular flexibility index (Phi) is 2.98. The third-order valence-electron chi connectivity index (χ3n) is 1.78. The quantitative estimate of drug-likeness (QED) is 0.725. The third-order valence-corrected chi connectivity index (χ3v) is 1.78. The van der Waals surface area contributed by atoms with Gasteiger partial charge in [0.15, 0.2) is 0 Å². The molecule has 0 N–H and O–H groups in total. The van der Waals surface area contributed by atoms with Crippen molar-refractivity contribution in [3.05, 3.63) is 34.2 Å². The van der Waals surface area contributed by atoms with Crippen molar-refractivity contribution in [3.63, 3.8) is 0 Å². The van der Waals surface area contributed by atoms with Crippen molar-refractivity contribution in [2.24, 2.45) is 0 Å². The van der Waals surface area contributed by atoms with Crippen LogP contribution in [0.1, 0.15) is 18.9 Å². The molecule has 0 aliphatic carbocycles. The van der Waals surface area contributed by atoms with Crippen molar-refractivity contribution in [2.75, 3.05) is 0 Å². The highest BCUT2D eigenvalue weighted by atomic mass is 19.4. The Morgan fingerprint density at radius 1 is 1.36 bits per heavy atom. The van der Waals surface area contributed by atoms with Crippen molar-refractivity contribution in [3.8, 4) is 0 Å². The number of rotatable bonds is 2. The summed E-state index contributed by atoms with van der Waals surface area (Å²) in [6, 6.07) is 1.74. The lowest BCUT2D eigenvalue weighted by atomic mass is 10.2. The molecule has 78 valence electrons. The molecule has 14 heavy (non-hydrogen) atoms. The van der Waals surface area contributed by atoms with E-state index in [1.54, 1.807) is 6.92 Å². The summed E-state index contributed by atoms with van der Waals surface area (Å²) in [7, 11) is 0. The van der Waals surface area contributed by atoms with E-state index < -0.39 is 17.3 Å². The molecule has 0 fully saturated rings. The molecule has 0 unspecified atom stereocenters. The molecular formula is C9H10F3NO. The highest BCUT2D eigenvalue weighted by Gasteiger charge is 2.30. The van der Waals surface area contributed by atoms with E-state index in [1.165, 1.54) is 0 Å². The molecule has 2 nitrogen and oxygen atoms in total. The highest BCUT2D eigenvalue weighted by molar-refractivity contribution is 5.13. The van der Waals surface area contributed by atoms with Gasteiger partial charge in [0, 0.05) is 18.8 Å². The summed E-state index contributed by atoms with van der Waals surface area (Å²) in [6.07, 6.45) is -2.91. The molecule has 0 amide bonds. The molecule has 1 aromatic heterocycles. The molecule has 1 aromatic rings. The average molecular weight is 205 g/mol. The maximum atomic E-state index is 12.2. The zero-order valence-corrected chi connectivity index (χ0v) is 7.64. The number of aromatic nitrogens is 1. The second-order valence-electron chi connectivity index (χ2n) is 2.95. The third kappa shape index (κ3) is 2.37. The Morgan fingerprint density at radius 3 is 2.50 bits per heavy atom. The van der Waals surface area contributed by atoms with E-state index >= 15 is 0 Å². The van der Waals surface area contributed by atoms with E-state index in [2.05, 4.69) is 0 Å². The topological polar surface area (TPSA) is 22.0 Å². The van der Waals surface area contributed by atoms with Gasteiger partial charge in [-0.2, -0.15) is 13.2 Å². The van der Waals surface area contributed by atoms with Crippen LogP contribution in [0.2, 0.25) is 0 Å². The van der Waals surface area contributed by atoms with Crippen LogP contribution in [0.25, 0.3) is 0 Å². The van der Waals surface area contributed by atoms with Gasteiger partial charge in [0.1, 0.15) is 0 Å². The van der Waals surface area contributed by atoms with E-state index in [9.17, 15) is 18.0 Å². The van der Waals surface area contributed by atoms with Gasteiger partial charge in [-0.15, -0.1) is 0 Å². The van der Waals surface area contributed by atoms with E-state index in [-0.39, 0.29) is 0 Å². The van der Waals surface area contributed by atoms with Crippen LogP contribution in [0.15, 0.2) is 23.1 Å². The van der Waals surface area contributed by atoms with Gasteiger partial charge < -0.3 is 4.57 Å². The zero-order valence-electron chi connectivity index (χ0n) is 7.64. The highest BCUT2D eigenvalue weighted by Crippen LogP contribution is 2.27. The number of hydrogen-bond donors (Lipinski definition) is 0. The Balaban J connectivity index is 3.13. The lowest BCUT2D eigenvalue weighted by molar-refractivity contribution is -0.138. The van der Waals surface area contributed by atoms with Crippen LogP contribution in [-0.4, -0.2) is 4.57 Å².